The highest BCUT2D eigenvalue weighted by atomic mass is 19.1. The maximum atomic E-state index is 12.9. The van der Waals surface area contributed by atoms with Gasteiger partial charge in [0, 0.05) is 0 Å². The Hall–Kier alpha value is -2.15. The number of hydrogen-bond donors (Lipinski definition) is 0. The molecule has 0 bridgehead atoms. The molecule has 1 aromatic carbocycles. The molecule has 0 aliphatic carbocycles. The van der Waals surface area contributed by atoms with Gasteiger partial charge in [0.25, 0.3) is 0 Å². The van der Waals surface area contributed by atoms with Crippen LogP contribution in [0.3, 0.4) is 0 Å². The summed E-state index contributed by atoms with van der Waals surface area (Å²) in [5, 5.41) is 8.83. The van der Waals surface area contributed by atoms with Crippen molar-refractivity contribution in [1.29, 1.82) is 5.26 Å². The summed E-state index contributed by atoms with van der Waals surface area (Å²) >= 11 is 0. The summed E-state index contributed by atoms with van der Waals surface area (Å²) in [5.74, 6) is -1.12. The van der Waals surface area contributed by atoms with Gasteiger partial charge in [0.2, 0.25) is 0 Å². The SMILES string of the molecule is CC(C)OC(=O)/C(C#N)=C/c1cccc(F)c1. The lowest BCUT2D eigenvalue weighted by atomic mass is 10.1. The number of benzene rings is 1. The molecular weight excluding hydrogens is 221 g/mol. The van der Waals surface area contributed by atoms with Gasteiger partial charge in [-0.15, -0.1) is 0 Å². The Morgan fingerprint density at radius 1 is 1.53 bits per heavy atom. The average molecular weight is 233 g/mol. The predicted molar refractivity (Wildman–Crippen MR) is 61.2 cm³/mol. The van der Waals surface area contributed by atoms with Crippen molar-refractivity contribution in [3.05, 3.63) is 41.2 Å². The molecule has 0 radical (unpaired) electrons. The summed E-state index contributed by atoms with van der Waals surface area (Å²) in [6.07, 6.45) is 1.00. The van der Waals surface area contributed by atoms with Crippen LogP contribution in [0.1, 0.15) is 19.4 Å². The summed E-state index contributed by atoms with van der Waals surface area (Å²) in [6.45, 7) is 3.38. The minimum atomic E-state index is -0.702. The Morgan fingerprint density at radius 2 is 2.24 bits per heavy atom. The zero-order chi connectivity index (χ0) is 12.8. The van der Waals surface area contributed by atoms with E-state index in [0.29, 0.717) is 5.56 Å². The Labute approximate surface area is 99.1 Å². The zero-order valence-electron chi connectivity index (χ0n) is 9.61. The minimum Gasteiger partial charge on any atom is -0.459 e. The van der Waals surface area contributed by atoms with Crippen molar-refractivity contribution in [3.8, 4) is 6.07 Å². The maximum absolute atomic E-state index is 12.9. The first-order valence-electron chi connectivity index (χ1n) is 5.11. The smallest absolute Gasteiger partial charge is 0.349 e. The van der Waals surface area contributed by atoms with E-state index in [4.69, 9.17) is 10.00 Å². The van der Waals surface area contributed by atoms with Crippen LogP contribution in [0.5, 0.6) is 0 Å². The lowest BCUT2D eigenvalue weighted by molar-refractivity contribution is -0.142. The van der Waals surface area contributed by atoms with Crippen molar-refractivity contribution >= 4 is 12.0 Å². The van der Waals surface area contributed by atoms with Gasteiger partial charge in [-0.05, 0) is 37.6 Å². The second-order valence-corrected chi connectivity index (χ2v) is 3.68. The van der Waals surface area contributed by atoms with Gasteiger partial charge in [-0.1, -0.05) is 12.1 Å². The van der Waals surface area contributed by atoms with Crippen LogP contribution in [0.2, 0.25) is 0 Å². The molecule has 0 N–H and O–H groups in total. The topological polar surface area (TPSA) is 50.1 Å². The van der Waals surface area contributed by atoms with Crippen LogP contribution in [0.25, 0.3) is 6.08 Å². The van der Waals surface area contributed by atoms with Crippen LogP contribution in [0, 0.1) is 17.1 Å². The fraction of sp³-hybridized carbons (Fsp3) is 0.231. The summed E-state index contributed by atoms with van der Waals surface area (Å²) in [4.78, 5) is 11.5. The Kier molecular flexibility index (Phi) is 4.41. The number of esters is 1. The molecule has 4 heteroatoms. The lowest BCUT2D eigenvalue weighted by Crippen LogP contribution is -2.12. The van der Waals surface area contributed by atoms with Crippen LogP contribution >= 0.6 is 0 Å². The molecule has 0 saturated carbocycles. The summed E-state index contributed by atoms with van der Waals surface area (Å²) < 4.78 is 17.8. The first-order valence-corrected chi connectivity index (χ1v) is 5.11. The molecule has 0 saturated heterocycles. The molecule has 88 valence electrons. The number of nitriles is 1. The van der Waals surface area contributed by atoms with Crippen molar-refractivity contribution < 1.29 is 13.9 Å². The monoisotopic (exact) mass is 233 g/mol. The third-order valence-corrected chi connectivity index (χ3v) is 1.84. The Morgan fingerprint density at radius 3 is 2.76 bits per heavy atom. The van der Waals surface area contributed by atoms with E-state index in [1.54, 1.807) is 26.0 Å². The molecule has 1 aromatic rings. The largest absolute Gasteiger partial charge is 0.459 e. The van der Waals surface area contributed by atoms with E-state index in [2.05, 4.69) is 0 Å². The quantitative estimate of drug-likeness (QED) is 0.458. The molecule has 0 amide bonds. The fourth-order valence-corrected chi connectivity index (χ4v) is 1.18. The van der Waals surface area contributed by atoms with E-state index in [1.807, 2.05) is 0 Å². The molecule has 1 rings (SSSR count). The van der Waals surface area contributed by atoms with E-state index < -0.39 is 11.8 Å². The van der Waals surface area contributed by atoms with Gasteiger partial charge >= 0.3 is 5.97 Å². The summed E-state index contributed by atoms with van der Waals surface area (Å²) in [5.41, 5.74) is 0.298. The number of rotatable bonds is 3. The van der Waals surface area contributed by atoms with Gasteiger partial charge in [-0.3, -0.25) is 0 Å². The first-order chi connectivity index (χ1) is 8.02. The number of carbonyl (C=O) groups is 1. The van der Waals surface area contributed by atoms with Gasteiger partial charge in [0.15, 0.2) is 0 Å². The fourth-order valence-electron chi connectivity index (χ4n) is 1.18. The molecule has 0 unspecified atom stereocenters. The van der Waals surface area contributed by atoms with Gasteiger partial charge in [0.1, 0.15) is 17.5 Å². The average Bonchev–Trinajstić information content (AvgIpc) is 2.24. The van der Waals surface area contributed by atoms with Crippen LogP contribution in [-0.4, -0.2) is 12.1 Å². The van der Waals surface area contributed by atoms with Crippen LogP contribution in [0.4, 0.5) is 4.39 Å². The van der Waals surface area contributed by atoms with Crippen molar-refractivity contribution in [2.24, 2.45) is 0 Å². The molecule has 0 aliphatic rings. The standard InChI is InChI=1S/C13H12FNO2/c1-9(2)17-13(16)11(8-15)6-10-4-3-5-12(14)7-10/h3-7,9H,1-2H3/b11-6+. The van der Waals surface area contributed by atoms with Crippen LogP contribution < -0.4 is 0 Å². The molecule has 0 atom stereocenters. The summed E-state index contributed by atoms with van der Waals surface area (Å²) in [6, 6.07) is 7.37. The van der Waals surface area contributed by atoms with Crippen molar-refractivity contribution in [2.75, 3.05) is 0 Å². The molecule has 0 aliphatic heterocycles. The van der Waals surface area contributed by atoms with Crippen molar-refractivity contribution in [2.45, 2.75) is 20.0 Å². The number of ether oxygens (including phenoxy) is 1. The maximum Gasteiger partial charge on any atom is 0.349 e. The highest BCUT2D eigenvalue weighted by Crippen LogP contribution is 2.10. The molecular formula is C13H12FNO2. The van der Waals surface area contributed by atoms with Gasteiger partial charge in [-0.2, -0.15) is 5.26 Å². The Balaban J connectivity index is 2.95. The first kappa shape index (κ1) is 12.9. The van der Waals surface area contributed by atoms with Gasteiger partial charge in [-0.25, -0.2) is 9.18 Å². The second-order valence-electron chi connectivity index (χ2n) is 3.68. The molecule has 0 spiro atoms. The minimum absolute atomic E-state index is 0.149. The molecule has 0 fully saturated rings. The van der Waals surface area contributed by atoms with E-state index in [0.717, 1.165) is 0 Å². The van der Waals surface area contributed by atoms with Crippen LogP contribution in [0.15, 0.2) is 29.8 Å². The lowest BCUT2D eigenvalue weighted by Gasteiger charge is -2.06. The number of carbonyl (C=O) groups excluding carboxylic acids is 1. The third kappa shape index (κ3) is 4.07. The van der Waals surface area contributed by atoms with E-state index in [-0.39, 0.29) is 11.7 Å². The van der Waals surface area contributed by atoms with Crippen LogP contribution in [-0.2, 0) is 9.53 Å². The summed E-state index contributed by atoms with van der Waals surface area (Å²) in [7, 11) is 0. The van der Waals surface area contributed by atoms with E-state index in [1.165, 1.54) is 24.3 Å². The van der Waals surface area contributed by atoms with E-state index in [9.17, 15) is 9.18 Å². The molecule has 0 heterocycles. The van der Waals surface area contributed by atoms with Crippen molar-refractivity contribution in [1.82, 2.24) is 0 Å². The van der Waals surface area contributed by atoms with Gasteiger partial charge < -0.3 is 4.74 Å². The zero-order valence-corrected chi connectivity index (χ0v) is 9.61. The molecule has 0 aromatic heterocycles. The predicted octanol–water partition coefficient (Wildman–Crippen LogP) is 2.68. The normalized spacial score (nSPS) is 11.1. The Bertz CT molecular complexity index is 486. The third-order valence-electron chi connectivity index (χ3n) is 1.84. The van der Waals surface area contributed by atoms with E-state index >= 15 is 0 Å². The number of nitrogens with zero attached hydrogens (tertiary/aromatic N) is 1. The highest BCUT2D eigenvalue weighted by Gasteiger charge is 2.12. The van der Waals surface area contributed by atoms with Gasteiger partial charge in [0.05, 0.1) is 6.10 Å². The number of hydrogen-bond acceptors (Lipinski definition) is 3. The molecule has 3 nitrogen and oxygen atoms in total. The number of halogens is 1. The second kappa shape index (κ2) is 5.80. The molecule has 17 heavy (non-hydrogen) atoms. The highest BCUT2D eigenvalue weighted by molar-refractivity contribution is 5.97. The van der Waals surface area contributed by atoms with Crippen molar-refractivity contribution in [3.63, 3.8) is 0 Å².